The van der Waals surface area contributed by atoms with E-state index in [0.29, 0.717) is 0 Å². The van der Waals surface area contributed by atoms with E-state index in [1.165, 1.54) is 6.92 Å². The van der Waals surface area contributed by atoms with Gasteiger partial charge in [-0.25, -0.2) is 0 Å². The van der Waals surface area contributed by atoms with Crippen molar-refractivity contribution in [3.05, 3.63) is 23.8 Å². The number of hydrogen-bond acceptors (Lipinski definition) is 3. The Hall–Kier alpha value is -0.120. The maximum atomic E-state index is 11.2. The summed E-state index contributed by atoms with van der Waals surface area (Å²) in [6.45, 7) is 1.49. The van der Waals surface area contributed by atoms with E-state index in [4.69, 9.17) is 11.6 Å². The normalized spacial score (nSPS) is 12.6. The molecule has 1 atom stereocenters. The number of hydrogen-bond donors (Lipinski definition) is 1. The van der Waals surface area contributed by atoms with Gasteiger partial charge in [0.2, 0.25) is 0 Å². The summed E-state index contributed by atoms with van der Waals surface area (Å²) < 4.78 is 0. The summed E-state index contributed by atoms with van der Waals surface area (Å²) >= 11 is 11.9. The Labute approximate surface area is 98.6 Å². The molecule has 1 aromatic carbocycles. The van der Waals surface area contributed by atoms with Crippen molar-refractivity contribution in [2.45, 2.75) is 22.1 Å². The van der Waals surface area contributed by atoms with Gasteiger partial charge in [0, 0.05) is 15.4 Å². The van der Waals surface area contributed by atoms with Crippen molar-refractivity contribution in [2.75, 3.05) is 6.26 Å². The van der Waals surface area contributed by atoms with Crippen molar-refractivity contribution in [1.82, 2.24) is 0 Å². The van der Waals surface area contributed by atoms with Crippen LogP contribution in [-0.2, 0) is 4.79 Å². The van der Waals surface area contributed by atoms with Gasteiger partial charge >= 0.3 is 0 Å². The lowest BCUT2D eigenvalue weighted by Crippen LogP contribution is -2.04. The van der Waals surface area contributed by atoms with Gasteiger partial charge in [-0.15, -0.1) is 36.0 Å². The number of thiol groups is 1. The third kappa shape index (κ3) is 2.47. The van der Waals surface area contributed by atoms with Crippen molar-refractivity contribution in [1.29, 1.82) is 0 Å². The molecule has 14 heavy (non-hydrogen) atoms. The molecule has 1 nitrogen and oxygen atoms in total. The van der Waals surface area contributed by atoms with Gasteiger partial charge in [-0.1, -0.05) is 6.07 Å². The molecule has 1 unspecified atom stereocenters. The van der Waals surface area contributed by atoms with E-state index >= 15 is 0 Å². The highest BCUT2D eigenvalue weighted by molar-refractivity contribution is 7.98. The quantitative estimate of drug-likeness (QED) is 0.499. The monoisotopic (exact) mass is 246 g/mol. The molecule has 0 bridgehead atoms. The third-order valence-electron chi connectivity index (χ3n) is 1.87. The first-order chi connectivity index (χ1) is 6.57. The van der Waals surface area contributed by atoms with Gasteiger partial charge in [-0.05, 0) is 25.3 Å². The van der Waals surface area contributed by atoms with Crippen LogP contribution in [0.15, 0.2) is 28.0 Å². The molecule has 0 aliphatic heterocycles. The second-order valence-corrected chi connectivity index (χ2v) is 4.63. The van der Waals surface area contributed by atoms with Crippen LogP contribution in [0, 0.1) is 0 Å². The van der Waals surface area contributed by atoms with Crippen molar-refractivity contribution in [3.63, 3.8) is 0 Å². The van der Waals surface area contributed by atoms with Crippen molar-refractivity contribution >= 4 is 41.8 Å². The lowest BCUT2D eigenvalue weighted by atomic mass is 10.1. The second-order valence-electron chi connectivity index (χ2n) is 2.87. The Morgan fingerprint density at radius 2 is 2.21 bits per heavy atom. The first-order valence-electron chi connectivity index (χ1n) is 4.08. The number of halogens is 1. The molecule has 0 N–H and O–H groups in total. The molecule has 4 heteroatoms. The molecular formula is C10H11ClOS2. The summed E-state index contributed by atoms with van der Waals surface area (Å²) in [5.74, 6) is -0.0523. The van der Waals surface area contributed by atoms with Crippen LogP contribution in [0.2, 0.25) is 0 Å². The third-order valence-corrected chi connectivity index (χ3v) is 3.58. The van der Waals surface area contributed by atoms with E-state index in [-0.39, 0.29) is 5.78 Å². The highest BCUT2D eigenvalue weighted by atomic mass is 35.5. The van der Waals surface area contributed by atoms with Crippen LogP contribution < -0.4 is 0 Å². The largest absolute Gasteiger partial charge is 0.298 e. The summed E-state index contributed by atoms with van der Waals surface area (Å²) in [6, 6.07) is 5.69. The summed E-state index contributed by atoms with van der Waals surface area (Å²) in [5.41, 5.74) is 0.817. The van der Waals surface area contributed by atoms with Crippen LogP contribution in [0.1, 0.15) is 17.9 Å². The van der Waals surface area contributed by atoms with Gasteiger partial charge in [-0.2, -0.15) is 0 Å². The average molecular weight is 247 g/mol. The second kappa shape index (κ2) is 5.10. The first-order valence-corrected chi connectivity index (χ1v) is 6.19. The number of rotatable bonds is 3. The van der Waals surface area contributed by atoms with Gasteiger partial charge in [0.15, 0.2) is 5.78 Å². The zero-order chi connectivity index (χ0) is 10.7. The Kier molecular flexibility index (Phi) is 4.35. The van der Waals surface area contributed by atoms with Gasteiger partial charge in [-0.3, -0.25) is 4.79 Å². The summed E-state index contributed by atoms with van der Waals surface area (Å²) in [4.78, 5) is 13.0. The Morgan fingerprint density at radius 3 is 2.71 bits per heavy atom. The lowest BCUT2D eigenvalue weighted by molar-refractivity contribution is -0.116. The maximum Gasteiger partial charge on any atom is 0.152 e. The van der Waals surface area contributed by atoms with E-state index < -0.39 is 5.38 Å². The first kappa shape index (κ1) is 12.0. The predicted octanol–water partition coefficient (Wildman–Crippen LogP) is 3.57. The highest BCUT2D eigenvalue weighted by Gasteiger charge is 2.19. The smallest absolute Gasteiger partial charge is 0.152 e. The van der Waals surface area contributed by atoms with Crippen molar-refractivity contribution < 1.29 is 4.79 Å². The van der Waals surface area contributed by atoms with Crippen LogP contribution in [0.3, 0.4) is 0 Å². The fourth-order valence-electron chi connectivity index (χ4n) is 1.17. The number of carbonyl (C=O) groups is 1. The summed E-state index contributed by atoms with van der Waals surface area (Å²) in [5, 5.41) is -0.592. The number of thioether (sulfide) groups is 1. The molecular weight excluding hydrogens is 236 g/mol. The van der Waals surface area contributed by atoms with Gasteiger partial charge in [0.05, 0.1) is 0 Å². The van der Waals surface area contributed by atoms with Crippen LogP contribution in [0.5, 0.6) is 0 Å². The Bertz CT molecular complexity index is 352. The van der Waals surface area contributed by atoms with Crippen LogP contribution >= 0.6 is 36.0 Å². The number of alkyl halides is 1. The molecule has 0 saturated carbocycles. The molecule has 0 aliphatic rings. The molecule has 1 rings (SSSR count). The zero-order valence-corrected chi connectivity index (χ0v) is 10.4. The van der Waals surface area contributed by atoms with E-state index in [2.05, 4.69) is 12.6 Å². The molecule has 0 spiro atoms. The van der Waals surface area contributed by atoms with Crippen molar-refractivity contribution in [2.24, 2.45) is 0 Å². The molecule has 0 heterocycles. The van der Waals surface area contributed by atoms with E-state index in [1.807, 2.05) is 24.5 Å². The molecule has 1 aromatic rings. The molecule has 0 aliphatic carbocycles. The van der Waals surface area contributed by atoms with Crippen LogP contribution in [-0.4, -0.2) is 12.0 Å². The van der Waals surface area contributed by atoms with E-state index in [1.54, 1.807) is 11.8 Å². The summed E-state index contributed by atoms with van der Waals surface area (Å²) in [6.07, 6.45) is 1.95. The number of ketones is 1. The molecule has 0 radical (unpaired) electrons. The summed E-state index contributed by atoms with van der Waals surface area (Å²) in [7, 11) is 0. The molecule has 0 saturated heterocycles. The Balaban J connectivity index is 3.23. The highest BCUT2D eigenvalue weighted by Crippen LogP contribution is 2.34. The number of carbonyl (C=O) groups excluding carboxylic acids is 1. The minimum absolute atomic E-state index is 0.0523. The molecule has 76 valence electrons. The molecule has 0 fully saturated rings. The van der Waals surface area contributed by atoms with Crippen LogP contribution in [0.4, 0.5) is 0 Å². The van der Waals surface area contributed by atoms with Gasteiger partial charge in [0.1, 0.15) is 5.38 Å². The zero-order valence-electron chi connectivity index (χ0n) is 7.95. The molecule has 0 amide bonds. The molecule has 0 aromatic heterocycles. The fraction of sp³-hybridized carbons (Fsp3) is 0.300. The standard InChI is InChI=1S/C10H11ClOS2/c1-6(12)10(11)9-7(13)4-3-5-8(9)14-2/h3-5,10,13H,1-2H3. The van der Waals surface area contributed by atoms with E-state index in [0.717, 1.165) is 15.4 Å². The fourth-order valence-corrected chi connectivity index (χ4v) is 2.62. The number of benzene rings is 1. The topological polar surface area (TPSA) is 17.1 Å². The van der Waals surface area contributed by atoms with E-state index in [9.17, 15) is 4.79 Å². The van der Waals surface area contributed by atoms with Gasteiger partial charge < -0.3 is 0 Å². The Morgan fingerprint density at radius 1 is 1.57 bits per heavy atom. The van der Waals surface area contributed by atoms with Crippen LogP contribution in [0.25, 0.3) is 0 Å². The minimum atomic E-state index is -0.592. The minimum Gasteiger partial charge on any atom is -0.298 e. The SMILES string of the molecule is CSc1cccc(S)c1C(Cl)C(C)=O. The number of Topliss-reactive ketones (excluding diaryl/α,β-unsaturated/α-hetero) is 1. The predicted molar refractivity (Wildman–Crippen MR) is 64.8 cm³/mol. The van der Waals surface area contributed by atoms with Gasteiger partial charge in [0.25, 0.3) is 0 Å². The van der Waals surface area contributed by atoms with Crippen molar-refractivity contribution in [3.8, 4) is 0 Å². The lowest BCUT2D eigenvalue weighted by Gasteiger charge is -2.13. The maximum absolute atomic E-state index is 11.2. The average Bonchev–Trinajstić information content (AvgIpc) is 2.16.